The third-order valence-electron chi connectivity index (χ3n) is 2.94. The highest BCUT2D eigenvalue weighted by Crippen LogP contribution is 2.26. The first-order valence-corrected chi connectivity index (χ1v) is 7.51. The zero-order valence-electron chi connectivity index (χ0n) is 11.6. The summed E-state index contributed by atoms with van der Waals surface area (Å²) in [4.78, 5) is 15.2. The molecule has 0 aliphatic rings. The molecule has 0 unspecified atom stereocenters. The second-order valence-corrected chi connectivity index (χ2v) is 5.31. The van der Waals surface area contributed by atoms with Crippen LogP contribution < -0.4 is 0 Å². The highest BCUT2D eigenvalue weighted by atomic mass is 32.2. The van der Waals surface area contributed by atoms with Gasteiger partial charge in [0.05, 0.1) is 16.8 Å². The molecule has 1 aromatic carbocycles. The fourth-order valence-corrected chi connectivity index (χ4v) is 2.79. The Morgan fingerprint density at radius 2 is 2.38 bits per heavy atom. The van der Waals surface area contributed by atoms with Crippen LogP contribution in [0.2, 0.25) is 0 Å². The minimum atomic E-state index is -0.882. The van der Waals surface area contributed by atoms with E-state index in [1.165, 1.54) is 11.8 Å². The molecule has 1 heterocycles. The summed E-state index contributed by atoms with van der Waals surface area (Å²) in [7, 11) is 0. The molecule has 0 spiro atoms. The number of benzene rings is 1. The summed E-state index contributed by atoms with van der Waals surface area (Å²) in [6, 6.07) is 7.57. The van der Waals surface area contributed by atoms with E-state index >= 15 is 0 Å². The van der Waals surface area contributed by atoms with Crippen molar-refractivity contribution >= 4 is 28.8 Å². The van der Waals surface area contributed by atoms with Crippen LogP contribution in [0.3, 0.4) is 0 Å². The van der Waals surface area contributed by atoms with Crippen LogP contribution >= 0.6 is 11.8 Å². The van der Waals surface area contributed by atoms with E-state index < -0.39 is 5.97 Å². The number of allylic oxidation sites excluding steroid dienone is 2. The molecule has 108 valence electrons. The van der Waals surface area contributed by atoms with Gasteiger partial charge in [0.25, 0.3) is 0 Å². The van der Waals surface area contributed by atoms with Crippen molar-refractivity contribution in [2.24, 2.45) is 0 Å². The first kappa shape index (κ1) is 15.1. The van der Waals surface area contributed by atoms with Crippen LogP contribution in [0.4, 0.5) is 0 Å². The molecule has 0 aliphatic heterocycles. The van der Waals surface area contributed by atoms with Gasteiger partial charge in [-0.3, -0.25) is 4.79 Å². The fourth-order valence-electron chi connectivity index (χ4n) is 2.04. The lowest BCUT2D eigenvalue weighted by molar-refractivity contribution is -0.133. The fraction of sp³-hybridized carbons (Fsp3) is 0.267. The van der Waals surface area contributed by atoms with Crippen LogP contribution in [0.5, 0.6) is 0 Å². The number of hydrogen-bond acceptors (Lipinski definition) is 4. The lowest BCUT2D eigenvalue weighted by Gasteiger charge is -2.06. The molecule has 2 rings (SSSR count). The van der Waals surface area contributed by atoms with Crippen molar-refractivity contribution in [3.63, 3.8) is 0 Å². The Hall–Kier alpha value is -2.26. The smallest absolute Gasteiger partial charge is 0.313 e. The van der Waals surface area contributed by atoms with Crippen molar-refractivity contribution in [1.82, 2.24) is 9.55 Å². The van der Waals surface area contributed by atoms with Crippen molar-refractivity contribution in [3.05, 3.63) is 35.9 Å². The zero-order valence-corrected chi connectivity index (χ0v) is 12.4. The number of aliphatic carboxylic acids is 1. The Morgan fingerprint density at radius 1 is 1.57 bits per heavy atom. The van der Waals surface area contributed by atoms with E-state index in [0.29, 0.717) is 22.8 Å². The topological polar surface area (TPSA) is 78.9 Å². The van der Waals surface area contributed by atoms with Gasteiger partial charge in [-0.05, 0) is 25.5 Å². The Bertz CT molecular complexity index is 728. The van der Waals surface area contributed by atoms with Crippen LogP contribution in [-0.2, 0) is 11.3 Å². The number of para-hydroxylation sites is 1. The summed E-state index contributed by atoms with van der Waals surface area (Å²) in [5, 5.41) is 18.6. The Kier molecular flexibility index (Phi) is 5.01. The van der Waals surface area contributed by atoms with Gasteiger partial charge in [-0.2, -0.15) is 5.26 Å². The molecule has 0 fully saturated rings. The van der Waals surface area contributed by atoms with Gasteiger partial charge in [-0.15, -0.1) is 0 Å². The van der Waals surface area contributed by atoms with Crippen molar-refractivity contribution in [1.29, 1.82) is 5.26 Å². The second kappa shape index (κ2) is 6.95. The van der Waals surface area contributed by atoms with Crippen molar-refractivity contribution in [2.45, 2.75) is 25.0 Å². The van der Waals surface area contributed by atoms with Crippen LogP contribution in [0.25, 0.3) is 11.0 Å². The first-order chi connectivity index (χ1) is 10.2. The van der Waals surface area contributed by atoms with E-state index in [0.717, 1.165) is 11.9 Å². The number of rotatable bonds is 6. The van der Waals surface area contributed by atoms with E-state index in [-0.39, 0.29) is 5.75 Å². The van der Waals surface area contributed by atoms with Crippen LogP contribution in [0, 0.1) is 11.3 Å². The molecule has 0 amide bonds. The van der Waals surface area contributed by atoms with E-state index in [4.69, 9.17) is 10.4 Å². The normalized spacial score (nSPS) is 11.0. The Balaban J connectivity index is 2.46. The third-order valence-corrected chi connectivity index (χ3v) is 3.91. The lowest BCUT2D eigenvalue weighted by Crippen LogP contribution is -2.03. The van der Waals surface area contributed by atoms with Gasteiger partial charge in [-0.25, -0.2) is 4.98 Å². The maximum Gasteiger partial charge on any atom is 0.313 e. The van der Waals surface area contributed by atoms with Gasteiger partial charge >= 0.3 is 5.97 Å². The third kappa shape index (κ3) is 3.44. The van der Waals surface area contributed by atoms with E-state index in [1.807, 2.05) is 35.8 Å². The number of thioether (sulfide) groups is 1. The molecule has 0 bridgehead atoms. The summed E-state index contributed by atoms with van der Waals surface area (Å²) >= 11 is 1.18. The maximum atomic E-state index is 10.8. The average Bonchev–Trinajstić information content (AvgIpc) is 2.83. The summed E-state index contributed by atoms with van der Waals surface area (Å²) in [6.45, 7) is 2.66. The maximum absolute atomic E-state index is 10.8. The molecule has 0 atom stereocenters. The summed E-state index contributed by atoms with van der Waals surface area (Å²) < 4.78 is 1.98. The van der Waals surface area contributed by atoms with Crippen LogP contribution in [-0.4, -0.2) is 26.4 Å². The largest absolute Gasteiger partial charge is 0.481 e. The number of aryl methyl sites for hydroxylation is 1. The van der Waals surface area contributed by atoms with Crippen molar-refractivity contribution in [3.8, 4) is 6.07 Å². The monoisotopic (exact) mass is 301 g/mol. The van der Waals surface area contributed by atoms with Gasteiger partial charge in [0.15, 0.2) is 5.16 Å². The number of carboxylic acids is 1. The van der Waals surface area contributed by atoms with Gasteiger partial charge in [0, 0.05) is 6.54 Å². The number of nitriles is 1. The number of hydrogen-bond donors (Lipinski definition) is 1. The molecule has 21 heavy (non-hydrogen) atoms. The molecule has 6 heteroatoms. The minimum Gasteiger partial charge on any atom is -0.481 e. The molecular formula is C15H15N3O2S. The minimum absolute atomic E-state index is 0.0468. The lowest BCUT2D eigenvalue weighted by atomic mass is 10.2. The number of carbonyl (C=O) groups is 1. The molecular weight excluding hydrogens is 286 g/mol. The van der Waals surface area contributed by atoms with E-state index in [9.17, 15) is 4.79 Å². The van der Waals surface area contributed by atoms with Gasteiger partial charge in [-0.1, -0.05) is 30.0 Å². The van der Waals surface area contributed by atoms with Gasteiger partial charge in [0.1, 0.15) is 11.6 Å². The Labute approximate surface area is 126 Å². The molecule has 1 N–H and O–H groups in total. The SMILES string of the molecule is C/C=C/CCn1c(SCC(=O)O)nc2c(C#N)cccc21. The van der Waals surface area contributed by atoms with Gasteiger partial charge < -0.3 is 9.67 Å². The number of carboxylic acid groups (broad SMARTS) is 1. The summed E-state index contributed by atoms with van der Waals surface area (Å²) in [5.41, 5.74) is 2.01. The number of imidazole rings is 1. The molecule has 0 saturated carbocycles. The summed E-state index contributed by atoms with van der Waals surface area (Å²) in [5.74, 6) is -0.929. The molecule has 5 nitrogen and oxygen atoms in total. The average molecular weight is 301 g/mol. The predicted molar refractivity (Wildman–Crippen MR) is 82.2 cm³/mol. The zero-order chi connectivity index (χ0) is 15.2. The second-order valence-electron chi connectivity index (χ2n) is 4.37. The molecule has 0 radical (unpaired) electrons. The van der Waals surface area contributed by atoms with Crippen LogP contribution in [0.15, 0.2) is 35.5 Å². The Morgan fingerprint density at radius 3 is 3.05 bits per heavy atom. The number of fused-ring (bicyclic) bond motifs is 1. The molecule has 0 aliphatic carbocycles. The first-order valence-electron chi connectivity index (χ1n) is 6.52. The number of aromatic nitrogens is 2. The predicted octanol–water partition coefficient (Wildman–Crippen LogP) is 3.05. The standard InChI is InChI=1S/C15H15N3O2S/c1-2-3-4-8-18-12-7-5-6-11(9-16)14(12)17-15(18)21-10-13(19)20/h2-3,5-7H,4,8,10H2,1H3,(H,19,20)/b3-2+. The van der Waals surface area contributed by atoms with Gasteiger partial charge in [0.2, 0.25) is 0 Å². The van der Waals surface area contributed by atoms with E-state index in [1.54, 1.807) is 6.07 Å². The molecule has 1 aromatic heterocycles. The number of nitrogens with zero attached hydrogens (tertiary/aromatic N) is 3. The van der Waals surface area contributed by atoms with Crippen LogP contribution in [0.1, 0.15) is 18.9 Å². The van der Waals surface area contributed by atoms with E-state index in [2.05, 4.69) is 11.1 Å². The highest BCUT2D eigenvalue weighted by Gasteiger charge is 2.14. The molecule has 0 saturated heterocycles. The van der Waals surface area contributed by atoms with Crippen molar-refractivity contribution < 1.29 is 9.90 Å². The molecule has 2 aromatic rings. The quantitative estimate of drug-likeness (QED) is 0.655. The highest BCUT2D eigenvalue weighted by molar-refractivity contribution is 7.99. The van der Waals surface area contributed by atoms with Crippen molar-refractivity contribution in [2.75, 3.05) is 5.75 Å². The summed E-state index contributed by atoms with van der Waals surface area (Å²) in [6.07, 6.45) is 4.86.